The molecule has 8 heteroatoms. The molecule has 5 nitrogen and oxygen atoms in total. The highest BCUT2D eigenvalue weighted by Gasteiger charge is 2.10. The molecule has 0 radical (unpaired) electrons. The Morgan fingerprint density at radius 1 is 1.44 bits per heavy atom. The summed E-state index contributed by atoms with van der Waals surface area (Å²) in [6.07, 6.45) is 0.226. The molecule has 100 valence electrons. The van der Waals surface area contributed by atoms with Crippen molar-refractivity contribution in [2.45, 2.75) is 6.42 Å². The first-order chi connectivity index (χ1) is 8.29. The lowest BCUT2D eigenvalue weighted by Crippen LogP contribution is -2.27. The van der Waals surface area contributed by atoms with Crippen molar-refractivity contribution >= 4 is 31.9 Å². The van der Waals surface area contributed by atoms with Gasteiger partial charge >= 0.3 is 0 Å². The Morgan fingerprint density at radius 3 is 2.67 bits per heavy atom. The number of amides is 1. The van der Waals surface area contributed by atoms with Gasteiger partial charge in [0.1, 0.15) is 5.82 Å². The molecule has 0 aliphatic heterocycles. The monoisotopic (exact) mass is 338 g/mol. The smallest absolute Gasteiger partial charge is 0.252 e. The van der Waals surface area contributed by atoms with Crippen molar-refractivity contribution in [1.29, 1.82) is 0 Å². The van der Waals surface area contributed by atoms with Crippen LogP contribution in [0.3, 0.4) is 0 Å². The summed E-state index contributed by atoms with van der Waals surface area (Å²) in [5.41, 5.74) is 0.284. The molecule has 0 aliphatic carbocycles. The lowest BCUT2D eigenvalue weighted by atomic mass is 10.2. The van der Waals surface area contributed by atoms with Gasteiger partial charge in [0, 0.05) is 11.0 Å². The zero-order chi connectivity index (χ0) is 13.8. The van der Waals surface area contributed by atoms with E-state index in [9.17, 15) is 17.6 Å². The number of halogens is 2. The summed E-state index contributed by atoms with van der Waals surface area (Å²) in [7, 11) is -3.51. The largest absolute Gasteiger partial charge is 0.352 e. The van der Waals surface area contributed by atoms with Gasteiger partial charge in [0.05, 0.1) is 11.3 Å². The first-order valence-electron chi connectivity index (χ1n) is 5.03. The molecule has 0 saturated carbocycles. The molecule has 18 heavy (non-hydrogen) atoms. The highest BCUT2D eigenvalue weighted by atomic mass is 79.9. The molecule has 1 amide bonds. The van der Waals surface area contributed by atoms with Gasteiger partial charge in [-0.3, -0.25) is 4.79 Å². The first kappa shape index (κ1) is 15.1. The lowest BCUT2D eigenvalue weighted by Gasteiger charge is -2.06. The molecule has 0 spiro atoms. The molecule has 1 aromatic carbocycles. The standard InChI is InChI=1S/C10H12BrFN2O3S/c11-9-6-7(12)2-3-8(9)10(15)14-4-1-5-18(13,16)17/h2-3,6H,1,4-5H2,(H,14,15)(H2,13,16,17). The van der Waals surface area contributed by atoms with Crippen LogP contribution < -0.4 is 10.5 Å². The number of carbonyl (C=O) groups excluding carboxylic acids is 1. The van der Waals surface area contributed by atoms with E-state index in [4.69, 9.17) is 5.14 Å². The van der Waals surface area contributed by atoms with E-state index in [1.54, 1.807) is 0 Å². The second kappa shape index (κ2) is 6.26. The Hall–Kier alpha value is -0.990. The van der Waals surface area contributed by atoms with Crippen molar-refractivity contribution < 1.29 is 17.6 Å². The van der Waals surface area contributed by atoms with E-state index < -0.39 is 21.7 Å². The molecule has 1 rings (SSSR count). The average Bonchev–Trinajstić information content (AvgIpc) is 2.22. The molecule has 0 fully saturated rings. The third kappa shape index (κ3) is 5.11. The summed E-state index contributed by atoms with van der Waals surface area (Å²) in [4.78, 5) is 11.7. The molecule has 0 aromatic heterocycles. The van der Waals surface area contributed by atoms with Crippen LogP contribution >= 0.6 is 15.9 Å². The molecule has 0 unspecified atom stereocenters. The maximum atomic E-state index is 12.8. The van der Waals surface area contributed by atoms with E-state index in [1.807, 2.05) is 0 Å². The Labute approximate surface area is 113 Å². The second-order valence-electron chi connectivity index (χ2n) is 3.60. The number of primary sulfonamides is 1. The van der Waals surface area contributed by atoms with Crippen LogP contribution in [0.4, 0.5) is 4.39 Å². The molecule has 0 atom stereocenters. The van der Waals surface area contributed by atoms with Crippen molar-refractivity contribution in [3.05, 3.63) is 34.1 Å². The predicted octanol–water partition coefficient (Wildman–Crippen LogP) is 0.997. The number of hydrogen-bond donors (Lipinski definition) is 2. The molecule has 3 N–H and O–H groups in total. The van der Waals surface area contributed by atoms with E-state index in [2.05, 4.69) is 21.2 Å². The highest BCUT2D eigenvalue weighted by molar-refractivity contribution is 9.10. The van der Waals surface area contributed by atoms with Gasteiger partial charge < -0.3 is 5.32 Å². The van der Waals surface area contributed by atoms with Crippen LogP contribution in [0.15, 0.2) is 22.7 Å². The van der Waals surface area contributed by atoms with Crippen molar-refractivity contribution in [1.82, 2.24) is 5.32 Å². The number of sulfonamides is 1. The van der Waals surface area contributed by atoms with Crippen LogP contribution in [0.1, 0.15) is 16.8 Å². The molecule has 1 aromatic rings. The Kier molecular flexibility index (Phi) is 5.24. The van der Waals surface area contributed by atoms with E-state index in [-0.39, 0.29) is 24.3 Å². The van der Waals surface area contributed by atoms with Crippen LogP contribution in [0.5, 0.6) is 0 Å². The minimum Gasteiger partial charge on any atom is -0.352 e. The van der Waals surface area contributed by atoms with Gasteiger partial charge in [-0.1, -0.05) is 0 Å². The SMILES string of the molecule is NS(=O)(=O)CCCNC(=O)c1ccc(F)cc1Br. The summed E-state index contributed by atoms with van der Waals surface area (Å²) >= 11 is 3.07. The predicted molar refractivity (Wildman–Crippen MR) is 69.0 cm³/mol. The summed E-state index contributed by atoms with van der Waals surface area (Å²) < 4.78 is 34.5. The fourth-order valence-corrected chi connectivity index (χ4v) is 2.32. The number of nitrogens with one attached hydrogen (secondary N) is 1. The molecule has 0 bridgehead atoms. The van der Waals surface area contributed by atoms with Crippen LogP contribution in [0.2, 0.25) is 0 Å². The van der Waals surface area contributed by atoms with Crippen LogP contribution in [-0.4, -0.2) is 26.6 Å². The van der Waals surface area contributed by atoms with Gasteiger partial charge in [-0.2, -0.15) is 0 Å². The van der Waals surface area contributed by atoms with Gasteiger partial charge in [-0.05, 0) is 40.5 Å². The average molecular weight is 339 g/mol. The van der Waals surface area contributed by atoms with Crippen LogP contribution in [0, 0.1) is 5.82 Å². The first-order valence-corrected chi connectivity index (χ1v) is 7.54. The van der Waals surface area contributed by atoms with Crippen molar-refractivity contribution in [3.8, 4) is 0 Å². The van der Waals surface area contributed by atoms with Gasteiger partial charge in [0.25, 0.3) is 5.91 Å². The number of rotatable bonds is 5. The topological polar surface area (TPSA) is 89.3 Å². The normalized spacial score (nSPS) is 11.3. The van der Waals surface area contributed by atoms with E-state index in [0.29, 0.717) is 4.47 Å². The van der Waals surface area contributed by atoms with E-state index in [0.717, 1.165) is 0 Å². The fourth-order valence-electron chi connectivity index (χ4n) is 1.24. The summed E-state index contributed by atoms with van der Waals surface area (Å²) in [6, 6.07) is 3.69. The molecular weight excluding hydrogens is 327 g/mol. The Bertz CT molecular complexity index is 548. The number of benzene rings is 1. The molecular formula is C10H12BrFN2O3S. The van der Waals surface area contributed by atoms with E-state index >= 15 is 0 Å². The number of hydrogen-bond acceptors (Lipinski definition) is 3. The molecule has 0 aliphatic rings. The highest BCUT2D eigenvalue weighted by Crippen LogP contribution is 2.17. The Morgan fingerprint density at radius 2 is 2.11 bits per heavy atom. The van der Waals surface area contributed by atoms with Crippen LogP contribution in [0.25, 0.3) is 0 Å². The van der Waals surface area contributed by atoms with Gasteiger partial charge in [0.2, 0.25) is 10.0 Å². The number of carbonyl (C=O) groups is 1. The van der Waals surface area contributed by atoms with Gasteiger partial charge in [-0.15, -0.1) is 0 Å². The van der Waals surface area contributed by atoms with Crippen LogP contribution in [-0.2, 0) is 10.0 Å². The quantitative estimate of drug-likeness (QED) is 0.784. The van der Waals surface area contributed by atoms with Crippen molar-refractivity contribution in [2.75, 3.05) is 12.3 Å². The summed E-state index contributed by atoms with van der Waals surface area (Å²) in [5, 5.41) is 7.34. The Balaban J connectivity index is 2.51. The second-order valence-corrected chi connectivity index (χ2v) is 6.19. The minimum absolute atomic E-state index is 0.180. The molecule has 0 saturated heterocycles. The lowest BCUT2D eigenvalue weighted by molar-refractivity contribution is 0.0953. The third-order valence-corrected chi connectivity index (χ3v) is 3.58. The summed E-state index contributed by atoms with van der Waals surface area (Å²) in [6.45, 7) is 0.180. The maximum Gasteiger partial charge on any atom is 0.252 e. The minimum atomic E-state index is -3.51. The van der Waals surface area contributed by atoms with Gasteiger partial charge in [-0.25, -0.2) is 17.9 Å². The number of nitrogens with two attached hydrogens (primary N) is 1. The third-order valence-electron chi connectivity index (χ3n) is 2.07. The molecule has 0 heterocycles. The van der Waals surface area contributed by atoms with Crippen molar-refractivity contribution in [3.63, 3.8) is 0 Å². The van der Waals surface area contributed by atoms with Gasteiger partial charge in [0.15, 0.2) is 0 Å². The maximum absolute atomic E-state index is 12.8. The fraction of sp³-hybridized carbons (Fsp3) is 0.300. The zero-order valence-electron chi connectivity index (χ0n) is 9.32. The summed E-state index contributed by atoms with van der Waals surface area (Å²) in [5.74, 6) is -1.05. The van der Waals surface area contributed by atoms with Crippen molar-refractivity contribution in [2.24, 2.45) is 5.14 Å². The zero-order valence-corrected chi connectivity index (χ0v) is 11.7. The van der Waals surface area contributed by atoms with E-state index in [1.165, 1.54) is 18.2 Å².